The summed E-state index contributed by atoms with van der Waals surface area (Å²) in [5, 5.41) is 4.10. The van der Waals surface area contributed by atoms with Crippen molar-refractivity contribution in [2.24, 2.45) is 11.0 Å². The maximum absolute atomic E-state index is 12.3. The smallest absolute Gasteiger partial charge is 0.243 e. The minimum absolute atomic E-state index is 0.0303. The number of carbonyl (C=O) groups excluding carboxylic acids is 1. The summed E-state index contributed by atoms with van der Waals surface area (Å²) in [6, 6.07) is 18.5. The van der Waals surface area contributed by atoms with E-state index in [4.69, 9.17) is 0 Å². The Hall–Kier alpha value is -2.46. The summed E-state index contributed by atoms with van der Waals surface area (Å²) < 4.78 is 0. The quantitative estimate of drug-likeness (QED) is 0.673. The van der Waals surface area contributed by atoms with Crippen LogP contribution in [-0.4, -0.2) is 30.1 Å². The van der Waals surface area contributed by atoms with Gasteiger partial charge in [0.05, 0.1) is 6.21 Å². The van der Waals surface area contributed by atoms with E-state index in [-0.39, 0.29) is 11.8 Å². The second-order valence-electron chi connectivity index (χ2n) is 6.68. The molecule has 2 aromatic rings. The van der Waals surface area contributed by atoms with Gasteiger partial charge < -0.3 is 0 Å². The van der Waals surface area contributed by atoms with Gasteiger partial charge in [0.2, 0.25) is 5.91 Å². The summed E-state index contributed by atoms with van der Waals surface area (Å²) in [6.07, 6.45) is 3.47. The molecule has 0 unspecified atom stereocenters. The number of nitrogens with zero attached hydrogens (tertiary/aromatic N) is 2. The van der Waals surface area contributed by atoms with Crippen LogP contribution in [-0.2, 0) is 11.3 Å². The van der Waals surface area contributed by atoms with E-state index >= 15 is 0 Å². The number of hydrazone groups is 1. The van der Waals surface area contributed by atoms with Gasteiger partial charge in [0.1, 0.15) is 0 Å². The number of rotatable bonds is 5. The normalized spacial score (nSPS) is 16.2. The predicted octanol–water partition coefficient (Wildman–Crippen LogP) is 3.36. The van der Waals surface area contributed by atoms with E-state index in [2.05, 4.69) is 39.7 Å². The molecule has 0 aromatic heterocycles. The Labute approximate surface area is 149 Å². The highest BCUT2D eigenvalue weighted by Crippen LogP contribution is 2.19. The molecule has 2 aromatic carbocycles. The number of benzene rings is 2. The maximum Gasteiger partial charge on any atom is 0.243 e. The highest BCUT2D eigenvalue weighted by Gasteiger charge is 2.24. The van der Waals surface area contributed by atoms with Crippen LogP contribution in [0.1, 0.15) is 29.5 Å². The highest BCUT2D eigenvalue weighted by molar-refractivity contribution is 5.83. The van der Waals surface area contributed by atoms with Crippen molar-refractivity contribution < 1.29 is 4.79 Å². The molecule has 0 spiro atoms. The first kappa shape index (κ1) is 17.4. The molecule has 0 saturated carbocycles. The first-order chi connectivity index (χ1) is 12.2. The molecule has 1 N–H and O–H groups in total. The number of carbonyl (C=O) groups is 1. The second kappa shape index (κ2) is 8.58. The Kier molecular flexibility index (Phi) is 5.96. The van der Waals surface area contributed by atoms with Gasteiger partial charge in [-0.25, -0.2) is 5.43 Å². The fourth-order valence-corrected chi connectivity index (χ4v) is 3.11. The van der Waals surface area contributed by atoms with Gasteiger partial charge in [0.25, 0.3) is 0 Å². The molecule has 1 fully saturated rings. The van der Waals surface area contributed by atoms with E-state index in [9.17, 15) is 4.79 Å². The van der Waals surface area contributed by atoms with E-state index in [1.54, 1.807) is 6.21 Å². The van der Waals surface area contributed by atoms with Crippen molar-refractivity contribution in [3.8, 4) is 0 Å². The zero-order chi connectivity index (χ0) is 17.5. The first-order valence-corrected chi connectivity index (χ1v) is 8.86. The molecule has 0 atom stereocenters. The third kappa shape index (κ3) is 5.26. The van der Waals surface area contributed by atoms with Crippen LogP contribution in [0.5, 0.6) is 0 Å². The standard InChI is InChI=1S/C21H25N3O/c1-17-7-9-18(10-8-17)15-22-23-21(25)20-11-13-24(14-12-20)16-19-5-3-2-4-6-19/h2-10,15,20H,11-14,16H2,1H3,(H,23,25). The molecule has 130 valence electrons. The number of piperidine rings is 1. The van der Waals surface area contributed by atoms with Crippen molar-refractivity contribution in [3.63, 3.8) is 0 Å². The number of aryl methyl sites for hydroxylation is 1. The molecular weight excluding hydrogens is 310 g/mol. The molecule has 25 heavy (non-hydrogen) atoms. The Bertz CT molecular complexity index is 702. The molecule has 0 radical (unpaired) electrons. The minimum atomic E-state index is 0.0303. The Balaban J connectivity index is 1.43. The summed E-state index contributed by atoms with van der Waals surface area (Å²) >= 11 is 0. The largest absolute Gasteiger partial charge is 0.299 e. The van der Waals surface area contributed by atoms with Crippen molar-refractivity contribution in [2.75, 3.05) is 13.1 Å². The molecule has 1 aliphatic heterocycles. The molecule has 1 heterocycles. The number of hydrogen-bond donors (Lipinski definition) is 1. The zero-order valence-corrected chi connectivity index (χ0v) is 14.7. The van der Waals surface area contributed by atoms with Crippen LogP contribution in [0.2, 0.25) is 0 Å². The van der Waals surface area contributed by atoms with Gasteiger partial charge >= 0.3 is 0 Å². The summed E-state index contributed by atoms with van der Waals surface area (Å²) in [6.45, 7) is 4.91. The van der Waals surface area contributed by atoms with Crippen LogP contribution in [0, 0.1) is 12.8 Å². The summed E-state index contributed by atoms with van der Waals surface area (Å²) in [7, 11) is 0. The topological polar surface area (TPSA) is 44.7 Å². The Morgan fingerprint density at radius 1 is 1.12 bits per heavy atom. The van der Waals surface area contributed by atoms with E-state index in [1.807, 2.05) is 37.3 Å². The fraction of sp³-hybridized carbons (Fsp3) is 0.333. The van der Waals surface area contributed by atoms with Crippen LogP contribution >= 0.6 is 0 Å². The van der Waals surface area contributed by atoms with Gasteiger partial charge in [-0.15, -0.1) is 0 Å². The highest BCUT2D eigenvalue weighted by atomic mass is 16.2. The van der Waals surface area contributed by atoms with Gasteiger partial charge in [-0.05, 0) is 44.0 Å². The predicted molar refractivity (Wildman–Crippen MR) is 101 cm³/mol. The van der Waals surface area contributed by atoms with E-state index < -0.39 is 0 Å². The molecule has 1 saturated heterocycles. The van der Waals surface area contributed by atoms with Gasteiger partial charge in [0.15, 0.2) is 0 Å². The van der Waals surface area contributed by atoms with Crippen LogP contribution in [0.3, 0.4) is 0 Å². The Morgan fingerprint density at radius 3 is 2.48 bits per heavy atom. The SMILES string of the molecule is Cc1ccc(C=NNC(=O)C2CCN(Cc3ccccc3)CC2)cc1. The monoisotopic (exact) mass is 335 g/mol. The molecule has 3 rings (SSSR count). The molecule has 4 nitrogen and oxygen atoms in total. The van der Waals surface area contributed by atoms with Gasteiger partial charge in [0, 0.05) is 12.5 Å². The van der Waals surface area contributed by atoms with Crippen LogP contribution in [0.15, 0.2) is 59.7 Å². The summed E-state index contributed by atoms with van der Waals surface area (Å²) in [5.41, 5.74) is 6.22. The third-order valence-electron chi connectivity index (χ3n) is 4.67. The van der Waals surface area contributed by atoms with E-state index in [0.717, 1.165) is 38.0 Å². The first-order valence-electron chi connectivity index (χ1n) is 8.86. The number of amides is 1. The maximum atomic E-state index is 12.3. The lowest BCUT2D eigenvalue weighted by Crippen LogP contribution is -2.39. The lowest BCUT2D eigenvalue weighted by molar-refractivity contribution is -0.126. The van der Waals surface area contributed by atoms with Crippen molar-refractivity contribution in [1.29, 1.82) is 0 Å². The average molecular weight is 335 g/mol. The molecule has 0 aliphatic carbocycles. The Morgan fingerprint density at radius 2 is 1.80 bits per heavy atom. The number of hydrogen-bond acceptors (Lipinski definition) is 3. The molecule has 4 heteroatoms. The lowest BCUT2D eigenvalue weighted by atomic mass is 9.96. The van der Waals surface area contributed by atoms with Gasteiger partial charge in [-0.2, -0.15) is 5.10 Å². The van der Waals surface area contributed by atoms with Crippen molar-refractivity contribution in [1.82, 2.24) is 10.3 Å². The third-order valence-corrected chi connectivity index (χ3v) is 4.67. The minimum Gasteiger partial charge on any atom is -0.299 e. The van der Waals surface area contributed by atoms with Crippen LogP contribution < -0.4 is 5.43 Å². The molecule has 1 amide bonds. The lowest BCUT2D eigenvalue weighted by Gasteiger charge is -2.30. The second-order valence-corrected chi connectivity index (χ2v) is 6.68. The number of nitrogens with one attached hydrogen (secondary N) is 1. The molecular formula is C21H25N3O. The van der Waals surface area contributed by atoms with Gasteiger partial charge in [-0.3, -0.25) is 9.69 Å². The summed E-state index contributed by atoms with van der Waals surface area (Å²) in [5.74, 6) is 0.0879. The van der Waals surface area contributed by atoms with E-state index in [0.29, 0.717) is 0 Å². The van der Waals surface area contributed by atoms with Gasteiger partial charge in [-0.1, -0.05) is 60.2 Å². The van der Waals surface area contributed by atoms with Crippen LogP contribution in [0.4, 0.5) is 0 Å². The van der Waals surface area contributed by atoms with Crippen molar-refractivity contribution >= 4 is 12.1 Å². The van der Waals surface area contributed by atoms with E-state index in [1.165, 1.54) is 11.1 Å². The molecule has 1 aliphatic rings. The number of likely N-dealkylation sites (tertiary alicyclic amines) is 1. The van der Waals surface area contributed by atoms with Crippen molar-refractivity contribution in [3.05, 3.63) is 71.3 Å². The zero-order valence-electron chi connectivity index (χ0n) is 14.7. The summed E-state index contributed by atoms with van der Waals surface area (Å²) in [4.78, 5) is 14.7. The van der Waals surface area contributed by atoms with Crippen LogP contribution in [0.25, 0.3) is 0 Å². The fourth-order valence-electron chi connectivity index (χ4n) is 3.11. The molecule has 0 bridgehead atoms. The average Bonchev–Trinajstić information content (AvgIpc) is 2.65. The van der Waals surface area contributed by atoms with Crippen molar-refractivity contribution in [2.45, 2.75) is 26.3 Å².